The molecule has 90 valence electrons. The Morgan fingerprint density at radius 1 is 1.35 bits per heavy atom. The van der Waals surface area contributed by atoms with Gasteiger partial charge in [-0.25, -0.2) is 0 Å². The molecule has 0 saturated heterocycles. The molecule has 1 atom stereocenters. The molecule has 0 amide bonds. The smallest absolute Gasteiger partial charge is 0.0671 e. The number of thiophene rings is 1. The number of benzene rings is 1. The summed E-state index contributed by atoms with van der Waals surface area (Å²) in [6.45, 7) is 5.14. The molecule has 0 saturated carbocycles. The standard InChI is InChI=1S/C14H16ClNS/c1-3-16-14(13-5-4-6-17-13)11-7-10(2)8-12(15)9-11/h4-9,14,16H,3H2,1-2H3. The fraction of sp³-hybridized carbons (Fsp3) is 0.286. The van der Waals surface area contributed by atoms with Crippen molar-refractivity contribution in [2.24, 2.45) is 0 Å². The summed E-state index contributed by atoms with van der Waals surface area (Å²) in [6.07, 6.45) is 0. The van der Waals surface area contributed by atoms with Crippen LogP contribution in [0.1, 0.15) is 29.0 Å². The van der Waals surface area contributed by atoms with E-state index in [9.17, 15) is 0 Å². The SMILES string of the molecule is CCNC(c1cc(C)cc(Cl)c1)c1cccs1. The summed E-state index contributed by atoms with van der Waals surface area (Å²) >= 11 is 7.90. The van der Waals surface area contributed by atoms with Gasteiger partial charge in [-0.2, -0.15) is 0 Å². The number of hydrogen-bond acceptors (Lipinski definition) is 2. The molecule has 0 bridgehead atoms. The van der Waals surface area contributed by atoms with Gasteiger partial charge >= 0.3 is 0 Å². The second kappa shape index (κ2) is 5.67. The molecule has 0 spiro atoms. The molecule has 0 fully saturated rings. The molecule has 0 aliphatic rings. The van der Waals surface area contributed by atoms with Gasteiger partial charge in [0.05, 0.1) is 6.04 Å². The minimum Gasteiger partial charge on any atom is -0.306 e. The molecule has 1 nitrogen and oxygen atoms in total. The summed E-state index contributed by atoms with van der Waals surface area (Å²) in [4.78, 5) is 1.33. The molecule has 0 radical (unpaired) electrons. The predicted octanol–water partition coefficient (Wildman–Crippen LogP) is 4.41. The van der Waals surface area contributed by atoms with E-state index in [0.29, 0.717) is 0 Å². The predicted molar refractivity (Wildman–Crippen MR) is 76.0 cm³/mol. The van der Waals surface area contributed by atoms with Gasteiger partial charge < -0.3 is 5.32 Å². The van der Waals surface area contributed by atoms with Crippen LogP contribution in [-0.4, -0.2) is 6.54 Å². The fourth-order valence-electron chi connectivity index (χ4n) is 1.97. The topological polar surface area (TPSA) is 12.0 Å². The summed E-state index contributed by atoms with van der Waals surface area (Å²) in [7, 11) is 0. The van der Waals surface area contributed by atoms with Crippen molar-refractivity contribution >= 4 is 22.9 Å². The van der Waals surface area contributed by atoms with Gasteiger partial charge in [0.15, 0.2) is 0 Å². The minimum atomic E-state index is 0.248. The molecular formula is C14H16ClNS. The van der Waals surface area contributed by atoms with Gasteiger partial charge in [-0.05, 0) is 48.2 Å². The lowest BCUT2D eigenvalue weighted by Gasteiger charge is -2.17. The third-order valence-corrected chi connectivity index (χ3v) is 3.79. The van der Waals surface area contributed by atoms with Crippen LogP contribution < -0.4 is 5.32 Å². The quantitative estimate of drug-likeness (QED) is 0.864. The zero-order valence-corrected chi connectivity index (χ0v) is 11.6. The van der Waals surface area contributed by atoms with Crippen LogP contribution in [0.5, 0.6) is 0 Å². The van der Waals surface area contributed by atoms with Crippen LogP contribution >= 0.6 is 22.9 Å². The molecule has 0 aliphatic carbocycles. The van der Waals surface area contributed by atoms with Gasteiger partial charge in [0.1, 0.15) is 0 Å². The van der Waals surface area contributed by atoms with Crippen molar-refractivity contribution in [3.05, 3.63) is 56.7 Å². The van der Waals surface area contributed by atoms with E-state index in [-0.39, 0.29) is 6.04 Å². The Bertz CT molecular complexity index is 459. The van der Waals surface area contributed by atoms with E-state index >= 15 is 0 Å². The van der Waals surface area contributed by atoms with Crippen molar-refractivity contribution < 1.29 is 0 Å². The number of aryl methyl sites for hydroxylation is 1. The second-order valence-corrected chi connectivity index (χ2v) is 5.48. The van der Waals surface area contributed by atoms with E-state index in [2.05, 4.69) is 42.7 Å². The maximum atomic E-state index is 6.13. The normalized spacial score (nSPS) is 12.6. The maximum Gasteiger partial charge on any atom is 0.0671 e. The number of rotatable bonds is 4. The van der Waals surface area contributed by atoms with Crippen molar-refractivity contribution in [1.82, 2.24) is 5.32 Å². The summed E-state index contributed by atoms with van der Waals surface area (Å²) in [6, 6.07) is 10.7. The monoisotopic (exact) mass is 265 g/mol. The Morgan fingerprint density at radius 2 is 2.18 bits per heavy atom. The van der Waals surface area contributed by atoms with Crippen LogP contribution in [0.2, 0.25) is 5.02 Å². The largest absolute Gasteiger partial charge is 0.306 e. The van der Waals surface area contributed by atoms with Crippen LogP contribution in [-0.2, 0) is 0 Å². The molecule has 1 unspecified atom stereocenters. The second-order valence-electron chi connectivity index (χ2n) is 4.07. The van der Waals surface area contributed by atoms with E-state index in [0.717, 1.165) is 11.6 Å². The van der Waals surface area contributed by atoms with Gasteiger partial charge in [-0.1, -0.05) is 30.7 Å². The van der Waals surface area contributed by atoms with Crippen LogP contribution in [0, 0.1) is 6.92 Å². The minimum absolute atomic E-state index is 0.248. The summed E-state index contributed by atoms with van der Waals surface area (Å²) in [5.74, 6) is 0. The first-order valence-corrected chi connectivity index (χ1v) is 7.00. The van der Waals surface area contributed by atoms with E-state index < -0.39 is 0 Å². The summed E-state index contributed by atoms with van der Waals surface area (Å²) in [5.41, 5.74) is 2.44. The van der Waals surface area contributed by atoms with Gasteiger partial charge in [0.2, 0.25) is 0 Å². The molecule has 1 heterocycles. The van der Waals surface area contributed by atoms with E-state index in [1.165, 1.54) is 16.0 Å². The molecule has 2 aromatic rings. The Balaban J connectivity index is 2.38. The average molecular weight is 266 g/mol. The maximum absolute atomic E-state index is 6.13. The van der Waals surface area contributed by atoms with E-state index in [1.807, 2.05) is 12.1 Å². The Morgan fingerprint density at radius 3 is 2.76 bits per heavy atom. The molecule has 1 aromatic heterocycles. The average Bonchev–Trinajstić information content (AvgIpc) is 2.77. The van der Waals surface area contributed by atoms with Gasteiger partial charge in [0.25, 0.3) is 0 Å². The molecule has 17 heavy (non-hydrogen) atoms. The fourth-order valence-corrected chi connectivity index (χ4v) is 3.10. The highest BCUT2D eigenvalue weighted by molar-refractivity contribution is 7.10. The number of halogens is 1. The summed E-state index contributed by atoms with van der Waals surface area (Å²) < 4.78 is 0. The molecular weight excluding hydrogens is 250 g/mol. The highest BCUT2D eigenvalue weighted by Gasteiger charge is 2.14. The first kappa shape index (κ1) is 12.6. The zero-order valence-electron chi connectivity index (χ0n) is 10.0. The van der Waals surface area contributed by atoms with E-state index in [1.54, 1.807) is 11.3 Å². The summed E-state index contributed by atoms with van der Waals surface area (Å²) in [5, 5.41) is 6.42. The third-order valence-electron chi connectivity index (χ3n) is 2.63. The Hall–Kier alpha value is -0.830. The van der Waals surface area contributed by atoms with Crippen molar-refractivity contribution in [2.45, 2.75) is 19.9 Å². The van der Waals surface area contributed by atoms with Crippen molar-refractivity contribution in [3.8, 4) is 0 Å². The highest BCUT2D eigenvalue weighted by Crippen LogP contribution is 2.28. The lowest BCUT2D eigenvalue weighted by Crippen LogP contribution is -2.21. The third kappa shape index (κ3) is 3.09. The first-order valence-electron chi connectivity index (χ1n) is 5.74. The Kier molecular flexibility index (Phi) is 4.21. The molecule has 1 N–H and O–H groups in total. The van der Waals surface area contributed by atoms with Crippen molar-refractivity contribution in [1.29, 1.82) is 0 Å². The lowest BCUT2D eigenvalue weighted by atomic mass is 10.0. The van der Waals surface area contributed by atoms with Crippen LogP contribution in [0.3, 0.4) is 0 Å². The number of nitrogens with one attached hydrogen (secondary N) is 1. The van der Waals surface area contributed by atoms with Crippen LogP contribution in [0.25, 0.3) is 0 Å². The van der Waals surface area contributed by atoms with Crippen molar-refractivity contribution in [2.75, 3.05) is 6.54 Å². The molecule has 1 aromatic carbocycles. The van der Waals surface area contributed by atoms with Crippen molar-refractivity contribution in [3.63, 3.8) is 0 Å². The molecule has 3 heteroatoms. The molecule has 0 aliphatic heterocycles. The Labute approximate surface area is 111 Å². The van der Waals surface area contributed by atoms with Gasteiger partial charge in [-0.3, -0.25) is 0 Å². The highest BCUT2D eigenvalue weighted by atomic mass is 35.5. The first-order chi connectivity index (χ1) is 8.20. The van der Waals surface area contributed by atoms with E-state index in [4.69, 9.17) is 11.6 Å². The van der Waals surface area contributed by atoms with Crippen LogP contribution in [0.15, 0.2) is 35.7 Å². The van der Waals surface area contributed by atoms with Crippen LogP contribution in [0.4, 0.5) is 0 Å². The van der Waals surface area contributed by atoms with Gasteiger partial charge in [0, 0.05) is 9.90 Å². The van der Waals surface area contributed by atoms with Gasteiger partial charge in [-0.15, -0.1) is 11.3 Å². The lowest BCUT2D eigenvalue weighted by molar-refractivity contribution is 0.639. The number of hydrogen-bond donors (Lipinski definition) is 1. The molecule has 2 rings (SSSR count). The zero-order chi connectivity index (χ0) is 12.3.